The second-order valence-electron chi connectivity index (χ2n) is 4.28. The van der Waals surface area contributed by atoms with Crippen LogP contribution in [0, 0.1) is 0 Å². The summed E-state index contributed by atoms with van der Waals surface area (Å²) >= 11 is 0. The van der Waals surface area contributed by atoms with Crippen LogP contribution in [-0.4, -0.2) is 36.5 Å². The number of nitrogens with one attached hydrogen (secondary N) is 1. The molecule has 0 saturated carbocycles. The van der Waals surface area contributed by atoms with Crippen LogP contribution in [0.5, 0.6) is 0 Å². The number of rotatable bonds is 5. The van der Waals surface area contributed by atoms with Gasteiger partial charge in [-0.1, -0.05) is 0 Å². The van der Waals surface area contributed by atoms with Crippen LogP contribution in [0.2, 0.25) is 0 Å². The highest BCUT2D eigenvalue weighted by atomic mass is 32.2. The molecule has 3 N–H and O–H groups in total. The van der Waals surface area contributed by atoms with Crippen molar-refractivity contribution in [2.24, 2.45) is 5.84 Å². The lowest BCUT2D eigenvalue weighted by Crippen LogP contribution is -2.43. The monoisotopic (exact) mass is 312 g/mol. The van der Waals surface area contributed by atoms with Crippen LogP contribution in [-0.2, 0) is 10.0 Å². The number of sulfonamides is 1. The standard InChI is InChI=1S/C10H15F3N4O2S/c1-7(2)17(6-10(11,12)13)20(18,19)9-5-15-4-3-8(9)16-14/h3-5,7H,6,14H2,1-2H3,(H,15,16). The lowest BCUT2D eigenvalue weighted by molar-refractivity contribution is -0.138. The third-order valence-corrected chi connectivity index (χ3v) is 4.49. The van der Waals surface area contributed by atoms with Crippen molar-refractivity contribution in [1.82, 2.24) is 9.29 Å². The zero-order valence-corrected chi connectivity index (χ0v) is 11.7. The van der Waals surface area contributed by atoms with Crippen LogP contribution in [0.3, 0.4) is 0 Å². The van der Waals surface area contributed by atoms with Crippen molar-refractivity contribution >= 4 is 15.7 Å². The molecule has 0 bridgehead atoms. The van der Waals surface area contributed by atoms with Gasteiger partial charge in [0.15, 0.2) is 0 Å². The van der Waals surface area contributed by atoms with Gasteiger partial charge in [-0.25, -0.2) is 8.42 Å². The predicted octanol–water partition coefficient (Wildman–Crippen LogP) is 1.33. The molecule has 0 aliphatic rings. The summed E-state index contributed by atoms with van der Waals surface area (Å²) in [7, 11) is -4.37. The highest BCUT2D eigenvalue weighted by molar-refractivity contribution is 7.89. The van der Waals surface area contributed by atoms with E-state index >= 15 is 0 Å². The summed E-state index contributed by atoms with van der Waals surface area (Å²) in [4.78, 5) is 3.21. The molecule has 0 saturated heterocycles. The fraction of sp³-hybridized carbons (Fsp3) is 0.500. The van der Waals surface area contributed by atoms with Gasteiger partial charge in [0.05, 0.1) is 5.69 Å². The number of aromatic nitrogens is 1. The number of nitrogens with two attached hydrogens (primary N) is 1. The fourth-order valence-electron chi connectivity index (χ4n) is 1.55. The Hall–Kier alpha value is -1.39. The largest absolute Gasteiger partial charge is 0.402 e. The molecule has 0 atom stereocenters. The first-order valence-corrected chi connectivity index (χ1v) is 7.03. The molecule has 0 aromatic carbocycles. The molecule has 1 aromatic heterocycles. The van der Waals surface area contributed by atoms with Gasteiger partial charge in [-0.2, -0.15) is 17.5 Å². The number of anilines is 1. The zero-order valence-electron chi connectivity index (χ0n) is 10.8. The average Bonchev–Trinajstić information content (AvgIpc) is 2.34. The van der Waals surface area contributed by atoms with Crippen molar-refractivity contribution in [3.05, 3.63) is 18.5 Å². The van der Waals surface area contributed by atoms with E-state index in [1.165, 1.54) is 26.1 Å². The number of pyridine rings is 1. The molecule has 0 amide bonds. The number of alkyl halides is 3. The van der Waals surface area contributed by atoms with E-state index in [1.54, 1.807) is 0 Å². The van der Waals surface area contributed by atoms with E-state index in [4.69, 9.17) is 5.84 Å². The maximum Gasteiger partial charge on any atom is 0.402 e. The average molecular weight is 312 g/mol. The lowest BCUT2D eigenvalue weighted by atomic mass is 10.4. The van der Waals surface area contributed by atoms with Crippen LogP contribution in [0.25, 0.3) is 0 Å². The van der Waals surface area contributed by atoms with Crippen LogP contribution in [0.15, 0.2) is 23.4 Å². The van der Waals surface area contributed by atoms with Gasteiger partial charge in [0.1, 0.15) is 11.4 Å². The van der Waals surface area contributed by atoms with Gasteiger partial charge in [-0.3, -0.25) is 10.8 Å². The Balaban J connectivity index is 3.30. The lowest BCUT2D eigenvalue weighted by Gasteiger charge is -2.27. The smallest absolute Gasteiger partial charge is 0.323 e. The number of nitrogen functional groups attached to an aromatic ring is 1. The van der Waals surface area contributed by atoms with Crippen molar-refractivity contribution in [3.8, 4) is 0 Å². The molecule has 0 unspecified atom stereocenters. The maximum absolute atomic E-state index is 12.5. The molecular formula is C10H15F3N4O2S. The van der Waals surface area contributed by atoms with E-state index in [1.807, 2.05) is 0 Å². The normalized spacial score (nSPS) is 13.0. The summed E-state index contributed by atoms with van der Waals surface area (Å²) in [6.07, 6.45) is -2.41. The molecule has 0 aliphatic carbocycles. The third kappa shape index (κ3) is 3.81. The van der Waals surface area contributed by atoms with Gasteiger partial charge in [-0.15, -0.1) is 0 Å². The highest BCUT2D eigenvalue weighted by Crippen LogP contribution is 2.27. The summed E-state index contributed by atoms with van der Waals surface area (Å²) in [5, 5.41) is 0. The molecule has 6 nitrogen and oxygen atoms in total. The summed E-state index contributed by atoms with van der Waals surface area (Å²) in [5.41, 5.74) is 2.11. The first-order valence-electron chi connectivity index (χ1n) is 5.59. The third-order valence-electron chi connectivity index (χ3n) is 2.44. The van der Waals surface area contributed by atoms with Gasteiger partial charge in [0.25, 0.3) is 0 Å². The molecule has 0 aliphatic heterocycles. The summed E-state index contributed by atoms with van der Waals surface area (Å²) < 4.78 is 62.6. The van der Waals surface area contributed by atoms with Gasteiger partial charge in [0.2, 0.25) is 10.0 Å². The summed E-state index contributed by atoms with van der Waals surface area (Å²) in [5.74, 6) is 5.17. The molecule has 1 aromatic rings. The van der Waals surface area contributed by atoms with Gasteiger partial charge in [0, 0.05) is 18.4 Å². The van der Waals surface area contributed by atoms with E-state index in [-0.39, 0.29) is 5.69 Å². The Morgan fingerprint density at radius 2 is 2.05 bits per heavy atom. The van der Waals surface area contributed by atoms with E-state index in [0.29, 0.717) is 4.31 Å². The van der Waals surface area contributed by atoms with E-state index in [2.05, 4.69) is 10.4 Å². The van der Waals surface area contributed by atoms with Crippen molar-refractivity contribution in [2.45, 2.75) is 31.0 Å². The van der Waals surface area contributed by atoms with Gasteiger partial charge < -0.3 is 5.43 Å². The van der Waals surface area contributed by atoms with Gasteiger partial charge >= 0.3 is 6.18 Å². The molecule has 10 heteroatoms. The first-order chi connectivity index (χ1) is 9.09. The van der Waals surface area contributed by atoms with Crippen molar-refractivity contribution in [2.75, 3.05) is 12.0 Å². The van der Waals surface area contributed by atoms with Crippen molar-refractivity contribution < 1.29 is 21.6 Å². The molecule has 0 spiro atoms. The second-order valence-corrected chi connectivity index (χ2v) is 6.13. The Labute approximate surface area is 114 Å². The minimum Gasteiger partial charge on any atom is -0.323 e. The van der Waals surface area contributed by atoms with Crippen LogP contribution in [0.4, 0.5) is 18.9 Å². The van der Waals surface area contributed by atoms with Crippen LogP contribution in [0.1, 0.15) is 13.8 Å². The second kappa shape index (κ2) is 5.94. The van der Waals surface area contributed by atoms with E-state index in [0.717, 1.165) is 6.20 Å². The van der Waals surface area contributed by atoms with Crippen molar-refractivity contribution in [1.29, 1.82) is 0 Å². The first kappa shape index (κ1) is 16.7. The molecular weight excluding hydrogens is 297 g/mol. The quantitative estimate of drug-likeness (QED) is 0.632. The Kier molecular flexibility index (Phi) is 4.95. The minimum atomic E-state index is -4.64. The van der Waals surface area contributed by atoms with E-state index in [9.17, 15) is 21.6 Å². The van der Waals surface area contributed by atoms with Crippen LogP contribution >= 0.6 is 0 Å². The number of hydrogen-bond acceptors (Lipinski definition) is 5. The molecule has 114 valence electrons. The topological polar surface area (TPSA) is 88.3 Å². The molecule has 20 heavy (non-hydrogen) atoms. The number of nitrogens with zero attached hydrogens (tertiary/aromatic N) is 2. The zero-order chi connectivity index (χ0) is 15.6. The summed E-state index contributed by atoms with van der Waals surface area (Å²) in [6.45, 7) is 1.14. The molecule has 0 fully saturated rings. The molecule has 1 heterocycles. The summed E-state index contributed by atoms with van der Waals surface area (Å²) in [6, 6.07) is 0.395. The SMILES string of the molecule is CC(C)N(CC(F)(F)F)S(=O)(=O)c1cnccc1NN. The predicted molar refractivity (Wildman–Crippen MR) is 67.1 cm³/mol. The van der Waals surface area contributed by atoms with Gasteiger partial charge in [-0.05, 0) is 19.9 Å². The number of hydrogen-bond donors (Lipinski definition) is 2. The van der Waals surface area contributed by atoms with E-state index < -0.39 is 33.7 Å². The Morgan fingerprint density at radius 1 is 1.45 bits per heavy atom. The van der Waals surface area contributed by atoms with Crippen molar-refractivity contribution in [3.63, 3.8) is 0 Å². The highest BCUT2D eigenvalue weighted by Gasteiger charge is 2.39. The molecule has 0 radical (unpaired) electrons. The Bertz CT molecular complexity index is 560. The fourth-order valence-corrected chi connectivity index (χ4v) is 3.28. The minimum absolute atomic E-state index is 0.0205. The number of halogens is 3. The Morgan fingerprint density at radius 3 is 2.50 bits per heavy atom. The molecule has 1 rings (SSSR count). The number of hydrazine groups is 1. The maximum atomic E-state index is 12.5. The van der Waals surface area contributed by atoms with Crippen LogP contribution < -0.4 is 11.3 Å².